The van der Waals surface area contributed by atoms with E-state index >= 15 is 0 Å². The number of amides is 1. The first-order valence-electron chi connectivity index (χ1n) is 8.21. The lowest BCUT2D eigenvalue weighted by Crippen LogP contribution is -2.42. The molecule has 1 N–H and O–H groups in total. The third kappa shape index (κ3) is 3.16. The van der Waals surface area contributed by atoms with E-state index in [4.69, 9.17) is 0 Å². The van der Waals surface area contributed by atoms with Crippen LogP contribution in [0, 0.1) is 5.41 Å². The Bertz CT molecular complexity index is 680. The van der Waals surface area contributed by atoms with Gasteiger partial charge in [-0.05, 0) is 50.1 Å². The summed E-state index contributed by atoms with van der Waals surface area (Å²) in [6.45, 7) is 3.91. The van der Waals surface area contributed by atoms with Crippen molar-refractivity contribution in [3.05, 3.63) is 42.5 Å². The maximum absolute atomic E-state index is 12.7. The lowest BCUT2D eigenvalue weighted by atomic mass is 9.80. The summed E-state index contributed by atoms with van der Waals surface area (Å²) in [5.41, 5.74) is 2.01. The molecule has 1 amide bonds. The van der Waals surface area contributed by atoms with Gasteiger partial charge in [-0.15, -0.1) is 22.6 Å². The van der Waals surface area contributed by atoms with Crippen molar-refractivity contribution in [1.82, 2.24) is 25.0 Å². The molecule has 3 heterocycles. The summed E-state index contributed by atoms with van der Waals surface area (Å²) in [6, 6.07) is 7.65. The van der Waals surface area contributed by atoms with Crippen LogP contribution < -0.4 is 5.32 Å². The van der Waals surface area contributed by atoms with E-state index in [9.17, 15) is 4.79 Å². The van der Waals surface area contributed by atoms with Crippen molar-refractivity contribution in [3.63, 3.8) is 0 Å². The van der Waals surface area contributed by atoms with Gasteiger partial charge >= 0.3 is 0 Å². The van der Waals surface area contributed by atoms with Gasteiger partial charge in [-0.1, -0.05) is 0 Å². The predicted octanol–water partition coefficient (Wildman–Crippen LogP) is 1.90. The molecule has 6 nitrogen and oxygen atoms in total. The van der Waals surface area contributed by atoms with Crippen LogP contribution in [0.15, 0.2) is 36.9 Å². The van der Waals surface area contributed by atoms with Gasteiger partial charge in [0.15, 0.2) is 0 Å². The molecule has 1 aromatic carbocycles. The number of halogens is 1. The first-order chi connectivity index (χ1) is 11.3. The number of benzene rings is 1. The maximum atomic E-state index is 12.7. The number of carbonyl (C=O) groups excluding carboxylic acids is 1. The summed E-state index contributed by atoms with van der Waals surface area (Å²) in [4.78, 5) is 14.8. The standard InChI is InChI=1S/C17H21N5O.ClH/c23-16(21-9-7-17(11-21)6-1-8-18-10-17)14-2-4-15(5-3-14)22-12-19-20-13-22;/h2-5,12-13,18H,1,6-11H2;1H. The summed E-state index contributed by atoms with van der Waals surface area (Å²) in [5.74, 6) is 0.141. The number of likely N-dealkylation sites (tertiary alicyclic amines) is 1. The van der Waals surface area contributed by atoms with E-state index in [1.807, 2.05) is 33.7 Å². The quantitative estimate of drug-likeness (QED) is 0.901. The molecule has 0 bridgehead atoms. The first kappa shape index (κ1) is 16.9. The molecule has 1 spiro atoms. The molecular formula is C17H22ClN5O. The number of piperidine rings is 1. The fourth-order valence-electron chi connectivity index (χ4n) is 3.78. The fraction of sp³-hybridized carbons (Fsp3) is 0.471. The van der Waals surface area contributed by atoms with Gasteiger partial charge < -0.3 is 10.2 Å². The first-order valence-corrected chi connectivity index (χ1v) is 8.21. The minimum absolute atomic E-state index is 0. The van der Waals surface area contributed by atoms with Crippen molar-refractivity contribution in [1.29, 1.82) is 0 Å². The molecule has 2 aromatic rings. The molecular weight excluding hydrogens is 326 g/mol. The Morgan fingerprint density at radius 1 is 1.12 bits per heavy atom. The molecule has 128 valence electrons. The number of aromatic nitrogens is 3. The summed E-state index contributed by atoms with van der Waals surface area (Å²) in [6.07, 6.45) is 6.87. The van der Waals surface area contributed by atoms with Crippen molar-refractivity contribution in [3.8, 4) is 5.69 Å². The van der Waals surface area contributed by atoms with Crippen LogP contribution in [0.2, 0.25) is 0 Å². The normalized spacial score (nSPS) is 23.2. The molecule has 0 saturated carbocycles. The van der Waals surface area contributed by atoms with Crippen LogP contribution in [-0.2, 0) is 0 Å². The minimum Gasteiger partial charge on any atom is -0.338 e. The number of hydrogen-bond donors (Lipinski definition) is 1. The van der Waals surface area contributed by atoms with E-state index in [-0.39, 0.29) is 18.3 Å². The van der Waals surface area contributed by atoms with Gasteiger partial charge in [0.25, 0.3) is 5.91 Å². The summed E-state index contributed by atoms with van der Waals surface area (Å²) in [7, 11) is 0. The van der Waals surface area contributed by atoms with E-state index in [2.05, 4.69) is 15.5 Å². The zero-order chi connectivity index (χ0) is 15.7. The highest BCUT2D eigenvalue weighted by Gasteiger charge is 2.40. The number of rotatable bonds is 2. The van der Waals surface area contributed by atoms with Crippen molar-refractivity contribution >= 4 is 18.3 Å². The predicted molar refractivity (Wildman–Crippen MR) is 93.7 cm³/mol. The maximum Gasteiger partial charge on any atom is 0.253 e. The average molecular weight is 348 g/mol. The molecule has 1 aromatic heterocycles. The molecule has 24 heavy (non-hydrogen) atoms. The van der Waals surface area contributed by atoms with E-state index in [1.165, 1.54) is 12.8 Å². The molecule has 2 fully saturated rings. The summed E-state index contributed by atoms with van der Waals surface area (Å²) in [5, 5.41) is 11.1. The van der Waals surface area contributed by atoms with Crippen LogP contribution in [0.5, 0.6) is 0 Å². The zero-order valence-electron chi connectivity index (χ0n) is 13.5. The van der Waals surface area contributed by atoms with Crippen molar-refractivity contribution in [2.75, 3.05) is 26.2 Å². The Hall–Kier alpha value is -1.92. The smallest absolute Gasteiger partial charge is 0.253 e. The Kier molecular flexibility index (Phi) is 4.87. The van der Waals surface area contributed by atoms with Crippen LogP contribution in [0.25, 0.3) is 5.69 Å². The van der Waals surface area contributed by atoms with Gasteiger partial charge in [0.1, 0.15) is 12.7 Å². The summed E-state index contributed by atoms with van der Waals surface area (Å²) >= 11 is 0. The molecule has 2 aliphatic heterocycles. The largest absolute Gasteiger partial charge is 0.338 e. The monoisotopic (exact) mass is 347 g/mol. The lowest BCUT2D eigenvalue weighted by molar-refractivity contribution is 0.0764. The fourth-order valence-corrected chi connectivity index (χ4v) is 3.78. The molecule has 1 atom stereocenters. The van der Waals surface area contributed by atoms with Crippen LogP contribution in [-0.4, -0.2) is 51.8 Å². The van der Waals surface area contributed by atoms with Gasteiger partial charge in [-0.3, -0.25) is 9.36 Å². The van der Waals surface area contributed by atoms with E-state index in [1.54, 1.807) is 12.7 Å². The topological polar surface area (TPSA) is 63.1 Å². The number of hydrogen-bond acceptors (Lipinski definition) is 4. The Balaban J connectivity index is 0.00000169. The Morgan fingerprint density at radius 3 is 2.54 bits per heavy atom. The Labute approximate surface area is 147 Å². The second-order valence-corrected chi connectivity index (χ2v) is 6.67. The van der Waals surface area contributed by atoms with Crippen LogP contribution in [0.1, 0.15) is 29.6 Å². The van der Waals surface area contributed by atoms with E-state index in [0.717, 1.165) is 43.9 Å². The van der Waals surface area contributed by atoms with Gasteiger partial charge in [0, 0.05) is 36.3 Å². The van der Waals surface area contributed by atoms with E-state index in [0.29, 0.717) is 5.41 Å². The van der Waals surface area contributed by atoms with Gasteiger partial charge in [-0.25, -0.2) is 0 Å². The highest BCUT2D eigenvalue weighted by molar-refractivity contribution is 5.94. The van der Waals surface area contributed by atoms with Crippen LogP contribution in [0.3, 0.4) is 0 Å². The van der Waals surface area contributed by atoms with Crippen LogP contribution in [0.4, 0.5) is 0 Å². The van der Waals surface area contributed by atoms with Gasteiger partial charge in [-0.2, -0.15) is 0 Å². The molecule has 0 aliphatic carbocycles. The van der Waals surface area contributed by atoms with Crippen molar-refractivity contribution in [2.45, 2.75) is 19.3 Å². The molecule has 2 aliphatic rings. The molecule has 2 saturated heterocycles. The van der Waals surface area contributed by atoms with Crippen molar-refractivity contribution in [2.24, 2.45) is 5.41 Å². The van der Waals surface area contributed by atoms with Crippen LogP contribution >= 0.6 is 12.4 Å². The number of carbonyl (C=O) groups is 1. The molecule has 1 unspecified atom stereocenters. The third-order valence-corrected chi connectivity index (χ3v) is 5.12. The number of nitrogens with one attached hydrogen (secondary N) is 1. The third-order valence-electron chi connectivity index (χ3n) is 5.12. The van der Waals surface area contributed by atoms with Crippen molar-refractivity contribution < 1.29 is 4.79 Å². The Morgan fingerprint density at radius 2 is 1.88 bits per heavy atom. The van der Waals surface area contributed by atoms with Gasteiger partial charge in [0.05, 0.1) is 0 Å². The van der Waals surface area contributed by atoms with E-state index < -0.39 is 0 Å². The average Bonchev–Trinajstić information content (AvgIpc) is 3.26. The number of nitrogens with zero attached hydrogens (tertiary/aromatic N) is 4. The molecule has 7 heteroatoms. The van der Waals surface area contributed by atoms with Gasteiger partial charge in [0.2, 0.25) is 0 Å². The minimum atomic E-state index is 0. The summed E-state index contributed by atoms with van der Waals surface area (Å²) < 4.78 is 1.83. The highest BCUT2D eigenvalue weighted by atomic mass is 35.5. The highest BCUT2D eigenvalue weighted by Crippen LogP contribution is 2.36. The SMILES string of the molecule is Cl.O=C(c1ccc(-n2cnnc2)cc1)N1CCC2(CCCNC2)C1. The molecule has 0 radical (unpaired) electrons. The second kappa shape index (κ2) is 6.91. The zero-order valence-corrected chi connectivity index (χ0v) is 14.3. The lowest BCUT2D eigenvalue weighted by Gasteiger charge is -2.33. The second-order valence-electron chi connectivity index (χ2n) is 6.67. The molecule has 4 rings (SSSR count).